The topological polar surface area (TPSA) is 116 Å². The second-order valence-electron chi connectivity index (χ2n) is 5.30. The summed E-state index contributed by atoms with van der Waals surface area (Å²) in [5.41, 5.74) is 2.85. The third-order valence-corrected chi connectivity index (χ3v) is 3.54. The molecule has 0 aromatic heterocycles. The molecular formula is C15H18N2O6. The number of carboxylic acid groups (broad SMARTS) is 1. The number of nitrogens with zero attached hydrogens (tertiary/aromatic N) is 1. The Morgan fingerprint density at radius 3 is 2.17 bits per heavy atom. The smallest absolute Gasteiger partial charge is 0.328 e. The van der Waals surface area contributed by atoms with Crippen LogP contribution >= 0.6 is 0 Å². The zero-order valence-electron chi connectivity index (χ0n) is 12.7. The third kappa shape index (κ3) is 3.66. The van der Waals surface area contributed by atoms with Crippen LogP contribution in [0.15, 0.2) is 24.3 Å². The predicted octanol–water partition coefficient (Wildman–Crippen LogP) is -0.234. The Morgan fingerprint density at radius 1 is 1.30 bits per heavy atom. The number of aliphatic hydroxyl groups excluding tert-OH is 1. The van der Waals surface area contributed by atoms with E-state index in [4.69, 9.17) is 9.94 Å². The Labute approximate surface area is 132 Å². The molecule has 23 heavy (non-hydrogen) atoms. The van der Waals surface area contributed by atoms with Gasteiger partial charge in [0, 0.05) is 6.92 Å². The number of carbonyl (C=O) groups excluding carboxylic acids is 2. The van der Waals surface area contributed by atoms with Crippen LogP contribution in [-0.2, 0) is 19.2 Å². The number of fused-ring (bicyclic) bond motifs is 1. The van der Waals surface area contributed by atoms with Gasteiger partial charge in [0.05, 0.1) is 0 Å². The summed E-state index contributed by atoms with van der Waals surface area (Å²) in [6.45, 7) is 2.21. The molecule has 1 aliphatic heterocycles. The summed E-state index contributed by atoms with van der Waals surface area (Å²) in [4.78, 5) is 38.2. The van der Waals surface area contributed by atoms with Crippen molar-refractivity contribution in [1.82, 2.24) is 10.4 Å². The van der Waals surface area contributed by atoms with Crippen molar-refractivity contribution in [3.63, 3.8) is 0 Å². The number of carbonyl (C=O) groups is 3. The second-order valence-corrected chi connectivity index (χ2v) is 5.30. The lowest BCUT2D eigenvalue weighted by Gasteiger charge is -2.36. The van der Waals surface area contributed by atoms with Crippen LogP contribution in [0.25, 0.3) is 11.1 Å². The lowest BCUT2D eigenvalue weighted by Crippen LogP contribution is -2.62. The highest BCUT2D eigenvalue weighted by atomic mass is 16.7. The SMILES string of the molecule is CC(=O)N[C@@H]1C(=O)N(C(C)C(=O)O)OC[C@@H]1O.c1cc2ccc1-2. The number of carboxylic acids is 1. The van der Waals surface area contributed by atoms with E-state index < -0.39 is 36.0 Å². The maximum Gasteiger partial charge on any atom is 0.328 e. The molecule has 0 saturated carbocycles. The number of aliphatic hydroxyl groups is 1. The van der Waals surface area contributed by atoms with Gasteiger partial charge in [0.25, 0.3) is 5.91 Å². The van der Waals surface area contributed by atoms with E-state index in [1.54, 1.807) is 0 Å². The van der Waals surface area contributed by atoms with E-state index in [9.17, 15) is 19.5 Å². The minimum Gasteiger partial charge on any atom is -0.480 e. The number of amides is 2. The first-order chi connectivity index (χ1) is 10.8. The van der Waals surface area contributed by atoms with Gasteiger partial charge in [0.15, 0.2) is 6.04 Å². The fourth-order valence-electron chi connectivity index (χ4n) is 2.06. The molecule has 8 nitrogen and oxygen atoms in total. The first kappa shape index (κ1) is 16.9. The van der Waals surface area contributed by atoms with Gasteiger partial charge in [0.2, 0.25) is 5.91 Å². The number of benzene rings is 1. The average molecular weight is 322 g/mol. The van der Waals surface area contributed by atoms with Gasteiger partial charge in [0.1, 0.15) is 18.8 Å². The summed E-state index contributed by atoms with van der Waals surface area (Å²) in [5, 5.41) is 21.2. The number of rotatable bonds is 3. The second kappa shape index (κ2) is 6.76. The molecule has 0 spiro atoms. The van der Waals surface area contributed by atoms with Gasteiger partial charge in [-0.15, -0.1) is 0 Å². The van der Waals surface area contributed by atoms with Crippen molar-refractivity contribution >= 4 is 17.8 Å². The van der Waals surface area contributed by atoms with Crippen molar-refractivity contribution in [1.29, 1.82) is 0 Å². The minimum absolute atomic E-state index is 0.256. The molecule has 3 aliphatic rings. The van der Waals surface area contributed by atoms with E-state index >= 15 is 0 Å². The lowest BCUT2D eigenvalue weighted by atomic mass is 9.95. The van der Waals surface area contributed by atoms with Crippen LogP contribution in [-0.4, -0.2) is 57.9 Å². The maximum absolute atomic E-state index is 11.8. The van der Waals surface area contributed by atoms with Gasteiger partial charge >= 0.3 is 5.97 Å². The number of aliphatic carboxylic acids is 1. The number of nitrogens with one attached hydrogen (secondary N) is 1. The van der Waals surface area contributed by atoms with Crippen molar-refractivity contribution in [3.05, 3.63) is 24.3 Å². The summed E-state index contributed by atoms with van der Waals surface area (Å²) in [5.74, 6) is -2.52. The van der Waals surface area contributed by atoms with Crippen LogP contribution in [0.5, 0.6) is 0 Å². The van der Waals surface area contributed by atoms with Crippen molar-refractivity contribution in [2.45, 2.75) is 32.0 Å². The average Bonchev–Trinajstić information content (AvgIpc) is 2.47. The molecule has 0 aromatic rings. The van der Waals surface area contributed by atoms with E-state index in [1.807, 2.05) is 0 Å². The zero-order chi connectivity index (χ0) is 17.1. The Kier molecular flexibility index (Phi) is 4.97. The van der Waals surface area contributed by atoms with Gasteiger partial charge in [-0.3, -0.25) is 14.4 Å². The first-order valence-corrected chi connectivity index (χ1v) is 7.05. The van der Waals surface area contributed by atoms with E-state index in [-0.39, 0.29) is 6.61 Å². The highest BCUT2D eigenvalue weighted by Crippen LogP contribution is 2.29. The number of hydroxylamine groups is 2. The molecule has 1 unspecified atom stereocenters. The fraction of sp³-hybridized carbons (Fsp3) is 0.400. The fourth-order valence-corrected chi connectivity index (χ4v) is 2.06. The van der Waals surface area contributed by atoms with Crippen LogP contribution in [0.1, 0.15) is 13.8 Å². The number of hydrogen-bond donors (Lipinski definition) is 3. The Morgan fingerprint density at radius 2 is 1.83 bits per heavy atom. The van der Waals surface area contributed by atoms with E-state index in [2.05, 4.69) is 29.6 Å². The monoisotopic (exact) mass is 322 g/mol. The van der Waals surface area contributed by atoms with Crippen LogP contribution in [0.2, 0.25) is 0 Å². The molecule has 2 amide bonds. The molecule has 0 aromatic carbocycles. The largest absolute Gasteiger partial charge is 0.480 e. The van der Waals surface area contributed by atoms with Crippen molar-refractivity contribution in [2.24, 2.45) is 0 Å². The van der Waals surface area contributed by atoms with Crippen molar-refractivity contribution < 1.29 is 29.4 Å². The van der Waals surface area contributed by atoms with Crippen molar-refractivity contribution in [3.8, 4) is 11.1 Å². The quantitative estimate of drug-likeness (QED) is 0.718. The van der Waals surface area contributed by atoms with Crippen LogP contribution in [0.4, 0.5) is 0 Å². The summed E-state index contributed by atoms with van der Waals surface area (Å²) < 4.78 is 0. The first-order valence-electron chi connectivity index (χ1n) is 7.05. The van der Waals surface area contributed by atoms with Crippen LogP contribution in [0.3, 0.4) is 0 Å². The summed E-state index contributed by atoms with van der Waals surface area (Å²) in [6, 6.07) is 6.12. The molecule has 3 rings (SSSR count). The minimum atomic E-state index is -1.24. The summed E-state index contributed by atoms with van der Waals surface area (Å²) >= 11 is 0. The van der Waals surface area contributed by atoms with Gasteiger partial charge < -0.3 is 15.5 Å². The Balaban J connectivity index is 0.000000260. The van der Waals surface area contributed by atoms with E-state index in [0.717, 1.165) is 0 Å². The molecule has 3 N–H and O–H groups in total. The zero-order valence-corrected chi connectivity index (χ0v) is 12.7. The van der Waals surface area contributed by atoms with E-state index in [0.29, 0.717) is 5.06 Å². The van der Waals surface area contributed by atoms with Crippen LogP contribution < -0.4 is 5.32 Å². The summed E-state index contributed by atoms with van der Waals surface area (Å²) in [6.07, 6.45) is -1.19. The molecular weight excluding hydrogens is 304 g/mol. The highest BCUT2D eigenvalue weighted by molar-refractivity contribution is 5.90. The highest BCUT2D eigenvalue weighted by Gasteiger charge is 2.41. The lowest BCUT2D eigenvalue weighted by molar-refractivity contribution is -0.233. The standard InChI is InChI=1S/C9H14N2O6.C6H4/c1-4(9(15)16)11-8(14)7(10-5(2)12)6(13)3-17-11;1-2-6-4-3-5(1)6/h4,6-7,13H,3H2,1-2H3,(H,10,12)(H,15,16);1-4H/t4?,6-,7-;/m0./s1. The summed E-state index contributed by atoms with van der Waals surface area (Å²) in [7, 11) is 0. The van der Waals surface area contributed by atoms with Gasteiger partial charge in [-0.25, -0.2) is 9.86 Å². The van der Waals surface area contributed by atoms with Gasteiger partial charge in [-0.2, -0.15) is 0 Å². The van der Waals surface area contributed by atoms with Gasteiger partial charge in [-0.1, -0.05) is 24.3 Å². The molecule has 0 bridgehead atoms. The Bertz CT molecular complexity index is 590. The van der Waals surface area contributed by atoms with E-state index in [1.165, 1.54) is 25.0 Å². The molecule has 2 aliphatic carbocycles. The normalized spacial score (nSPS) is 22.6. The molecule has 1 fully saturated rings. The van der Waals surface area contributed by atoms with Gasteiger partial charge in [-0.05, 0) is 18.1 Å². The Hall–Kier alpha value is -2.45. The predicted molar refractivity (Wildman–Crippen MR) is 78.9 cm³/mol. The number of hydrogen-bond acceptors (Lipinski definition) is 5. The molecule has 1 heterocycles. The molecule has 3 atom stereocenters. The molecule has 0 radical (unpaired) electrons. The van der Waals surface area contributed by atoms with Crippen molar-refractivity contribution in [2.75, 3.05) is 6.61 Å². The molecule has 124 valence electrons. The molecule has 8 heteroatoms. The van der Waals surface area contributed by atoms with Crippen LogP contribution in [0, 0.1) is 0 Å². The third-order valence-electron chi connectivity index (χ3n) is 3.54. The maximum atomic E-state index is 11.8. The molecule has 1 saturated heterocycles.